The zero-order valence-corrected chi connectivity index (χ0v) is 14.1. The molecule has 0 unspecified atom stereocenters. The fraction of sp³-hybridized carbons (Fsp3) is 0.294. The second-order valence-electron chi connectivity index (χ2n) is 5.65. The largest absolute Gasteiger partial charge is 0.274 e. The smallest absolute Gasteiger partial charge is 0.247 e. The van der Waals surface area contributed by atoms with Gasteiger partial charge in [0.2, 0.25) is 11.8 Å². The Bertz CT molecular complexity index is 754. The molecule has 0 bridgehead atoms. The van der Waals surface area contributed by atoms with Crippen LogP contribution in [0.2, 0.25) is 0 Å². The van der Waals surface area contributed by atoms with Crippen LogP contribution in [0, 0.1) is 20.8 Å². The van der Waals surface area contributed by atoms with E-state index in [-0.39, 0.29) is 18.2 Å². The number of nitrogens with zero attached hydrogens (tertiary/aromatic N) is 3. The number of hydrogen-bond acceptors (Lipinski definition) is 5. The molecular weight excluding hydrogens is 310 g/mol. The highest BCUT2D eigenvalue weighted by molar-refractivity contribution is 8.00. The molecule has 0 spiro atoms. The second-order valence-corrected chi connectivity index (χ2v) is 6.82. The highest BCUT2D eigenvalue weighted by atomic mass is 32.2. The van der Waals surface area contributed by atoms with E-state index in [4.69, 9.17) is 0 Å². The Labute approximate surface area is 139 Å². The maximum atomic E-state index is 12.6. The molecule has 1 saturated heterocycles. The molecule has 23 heavy (non-hydrogen) atoms. The summed E-state index contributed by atoms with van der Waals surface area (Å²) in [5.41, 5.74) is 3.41. The maximum absolute atomic E-state index is 12.6. The van der Waals surface area contributed by atoms with Crippen molar-refractivity contribution in [2.24, 2.45) is 0 Å². The number of carbonyl (C=O) groups is 2. The summed E-state index contributed by atoms with van der Waals surface area (Å²) >= 11 is 1.26. The first-order valence-electron chi connectivity index (χ1n) is 7.36. The molecule has 0 radical (unpaired) electrons. The van der Waals surface area contributed by atoms with Crippen LogP contribution in [0.15, 0.2) is 35.5 Å². The van der Waals surface area contributed by atoms with Gasteiger partial charge in [-0.25, -0.2) is 14.9 Å². The molecule has 1 aromatic carbocycles. The predicted octanol–water partition coefficient (Wildman–Crippen LogP) is 2.83. The lowest BCUT2D eigenvalue weighted by atomic mass is 10.2. The minimum atomic E-state index is -0.468. The van der Waals surface area contributed by atoms with Crippen molar-refractivity contribution >= 4 is 29.3 Å². The third kappa shape index (κ3) is 3.27. The van der Waals surface area contributed by atoms with Gasteiger partial charge in [-0.2, -0.15) is 0 Å². The van der Waals surface area contributed by atoms with Crippen LogP contribution in [0.25, 0.3) is 0 Å². The van der Waals surface area contributed by atoms with Crippen molar-refractivity contribution < 1.29 is 9.59 Å². The van der Waals surface area contributed by atoms with E-state index < -0.39 is 5.25 Å². The summed E-state index contributed by atoms with van der Waals surface area (Å²) in [6.45, 7) is 5.74. The number of aryl methyl sites for hydroxylation is 3. The average Bonchev–Trinajstić information content (AvgIpc) is 2.74. The third-order valence-electron chi connectivity index (χ3n) is 3.61. The Morgan fingerprint density at radius 2 is 1.65 bits per heavy atom. The predicted molar refractivity (Wildman–Crippen MR) is 89.4 cm³/mol. The molecule has 2 heterocycles. The number of rotatable bonds is 3. The van der Waals surface area contributed by atoms with Crippen LogP contribution >= 0.6 is 11.8 Å². The van der Waals surface area contributed by atoms with Gasteiger partial charge in [-0.05, 0) is 39.0 Å². The van der Waals surface area contributed by atoms with Crippen molar-refractivity contribution in [2.75, 3.05) is 4.90 Å². The fourth-order valence-electron chi connectivity index (χ4n) is 2.53. The molecule has 5 nitrogen and oxygen atoms in total. The van der Waals surface area contributed by atoms with E-state index in [9.17, 15) is 9.59 Å². The molecule has 1 fully saturated rings. The van der Waals surface area contributed by atoms with Crippen molar-refractivity contribution in [3.8, 4) is 0 Å². The Balaban J connectivity index is 1.82. The number of benzene rings is 1. The van der Waals surface area contributed by atoms with Crippen molar-refractivity contribution in [1.82, 2.24) is 9.97 Å². The SMILES string of the molecule is Cc1ccc(N2C(=O)C[C@@H](Sc3nc(C)cc(C)n3)C2=O)cc1. The molecule has 0 N–H and O–H groups in total. The highest BCUT2D eigenvalue weighted by Crippen LogP contribution is 2.32. The molecule has 6 heteroatoms. The number of anilines is 1. The van der Waals surface area contributed by atoms with E-state index in [1.807, 2.05) is 39.0 Å². The van der Waals surface area contributed by atoms with Crippen LogP contribution in [0.5, 0.6) is 0 Å². The summed E-state index contributed by atoms with van der Waals surface area (Å²) in [7, 11) is 0. The summed E-state index contributed by atoms with van der Waals surface area (Å²) in [5.74, 6) is -0.382. The number of thioether (sulfide) groups is 1. The standard InChI is InChI=1S/C17H17N3O2S/c1-10-4-6-13(7-5-10)20-15(21)9-14(16(20)22)23-17-18-11(2)8-12(3)19-17/h4-8,14H,9H2,1-3H3/t14-/m1/s1. The monoisotopic (exact) mass is 327 g/mol. The van der Waals surface area contributed by atoms with Crippen LogP contribution in [-0.2, 0) is 9.59 Å². The van der Waals surface area contributed by atoms with Gasteiger partial charge in [0, 0.05) is 17.8 Å². The van der Waals surface area contributed by atoms with E-state index >= 15 is 0 Å². The van der Waals surface area contributed by atoms with E-state index in [2.05, 4.69) is 9.97 Å². The van der Waals surface area contributed by atoms with Gasteiger partial charge in [-0.1, -0.05) is 29.5 Å². The molecule has 1 aromatic heterocycles. The third-order valence-corrected chi connectivity index (χ3v) is 4.65. The number of carbonyl (C=O) groups excluding carboxylic acids is 2. The van der Waals surface area contributed by atoms with Gasteiger partial charge in [0.05, 0.1) is 5.69 Å². The lowest BCUT2D eigenvalue weighted by molar-refractivity contribution is -0.121. The Hall–Kier alpha value is -2.21. The van der Waals surface area contributed by atoms with Gasteiger partial charge >= 0.3 is 0 Å². The normalized spacial score (nSPS) is 17.9. The summed E-state index contributed by atoms with van der Waals surface area (Å²) in [5, 5.41) is 0.0735. The summed E-state index contributed by atoms with van der Waals surface area (Å²) in [6, 6.07) is 9.26. The highest BCUT2D eigenvalue weighted by Gasteiger charge is 2.40. The molecule has 2 aromatic rings. The molecule has 1 aliphatic rings. The van der Waals surface area contributed by atoms with Crippen molar-refractivity contribution in [2.45, 2.75) is 37.6 Å². The zero-order chi connectivity index (χ0) is 16.6. The molecule has 118 valence electrons. The topological polar surface area (TPSA) is 63.2 Å². The molecular formula is C17H17N3O2S. The Morgan fingerprint density at radius 3 is 2.26 bits per heavy atom. The first-order chi connectivity index (χ1) is 10.9. The average molecular weight is 327 g/mol. The van der Waals surface area contributed by atoms with Crippen LogP contribution in [0.3, 0.4) is 0 Å². The fourth-order valence-corrected chi connectivity index (χ4v) is 3.61. The Kier molecular flexibility index (Phi) is 4.17. The summed E-state index contributed by atoms with van der Waals surface area (Å²) in [6.07, 6.45) is 0.174. The van der Waals surface area contributed by atoms with Gasteiger partial charge in [0.25, 0.3) is 0 Å². The molecule has 1 atom stereocenters. The van der Waals surface area contributed by atoms with Gasteiger partial charge < -0.3 is 0 Å². The van der Waals surface area contributed by atoms with Crippen LogP contribution < -0.4 is 4.90 Å². The number of amides is 2. The summed E-state index contributed by atoms with van der Waals surface area (Å²) < 4.78 is 0. The minimum absolute atomic E-state index is 0.174. The second kappa shape index (κ2) is 6.12. The lowest BCUT2D eigenvalue weighted by Crippen LogP contribution is -2.31. The molecule has 1 aliphatic heterocycles. The van der Waals surface area contributed by atoms with Crippen molar-refractivity contribution in [1.29, 1.82) is 0 Å². The van der Waals surface area contributed by atoms with E-state index in [0.717, 1.165) is 17.0 Å². The quantitative estimate of drug-likeness (QED) is 0.641. The van der Waals surface area contributed by atoms with Crippen molar-refractivity contribution in [3.63, 3.8) is 0 Å². The number of aromatic nitrogens is 2. The van der Waals surface area contributed by atoms with Crippen LogP contribution in [0.4, 0.5) is 5.69 Å². The van der Waals surface area contributed by atoms with Gasteiger partial charge in [-0.15, -0.1) is 0 Å². The molecule has 2 amide bonds. The number of imide groups is 1. The zero-order valence-electron chi connectivity index (χ0n) is 13.2. The molecule has 0 saturated carbocycles. The van der Waals surface area contributed by atoms with E-state index in [1.165, 1.54) is 16.7 Å². The van der Waals surface area contributed by atoms with Gasteiger partial charge in [0.1, 0.15) is 5.25 Å². The molecule has 3 rings (SSSR count). The minimum Gasteiger partial charge on any atom is -0.274 e. The lowest BCUT2D eigenvalue weighted by Gasteiger charge is -2.15. The van der Waals surface area contributed by atoms with E-state index in [0.29, 0.717) is 10.8 Å². The maximum Gasteiger partial charge on any atom is 0.247 e. The van der Waals surface area contributed by atoms with Crippen LogP contribution in [0.1, 0.15) is 23.4 Å². The molecule has 0 aliphatic carbocycles. The van der Waals surface area contributed by atoms with E-state index in [1.54, 1.807) is 12.1 Å². The van der Waals surface area contributed by atoms with Gasteiger partial charge in [-0.3, -0.25) is 9.59 Å². The first-order valence-corrected chi connectivity index (χ1v) is 8.24. The van der Waals surface area contributed by atoms with Crippen LogP contribution in [-0.4, -0.2) is 27.0 Å². The summed E-state index contributed by atoms with van der Waals surface area (Å²) in [4.78, 5) is 34.8. The number of hydrogen-bond donors (Lipinski definition) is 0. The van der Waals surface area contributed by atoms with Gasteiger partial charge in [0.15, 0.2) is 5.16 Å². The first kappa shape index (κ1) is 15.7. The Morgan fingerprint density at radius 1 is 1.04 bits per heavy atom. The van der Waals surface area contributed by atoms with Crippen molar-refractivity contribution in [3.05, 3.63) is 47.3 Å².